The lowest BCUT2D eigenvalue weighted by Crippen LogP contribution is -2.11. The molecule has 0 saturated heterocycles. The van der Waals surface area contributed by atoms with E-state index in [-0.39, 0.29) is 12.1 Å². The molecule has 0 radical (unpaired) electrons. The molecule has 0 saturated carbocycles. The van der Waals surface area contributed by atoms with Crippen LogP contribution in [-0.4, -0.2) is 12.1 Å². The van der Waals surface area contributed by atoms with Crippen molar-refractivity contribution in [3.63, 3.8) is 0 Å². The maximum Gasteiger partial charge on any atom is 0.302 e. The van der Waals surface area contributed by atoms with Crippen LogP contribution < -0.4 is 0 Å². The lowest BCUT2D eigenvalue weighted by Gasteiger charge is -2.09. The normalized spacial score (nSPS) is 10.8. The SMILES string of the molecule is C=CC.CCCCC(C)OC(C)=O. The highest BCUT2D eigenvalue weighted by molar-refractivity contribution is 5.66. The van der Waals surface area contributed by atoms with Crippen molar-refractivity contribution in [3.05, 3.63) is 12.7 Å². The van der Waals surface area contributed by atoms with E-state index in [1.165, 1.54) is 6.92 Å². The molecule has 0 aliphatic rings. The van der Waals surface area contributed by atoms with E-state index in [9.17, 15) is 4.79 Å². The molecule has 0 spiro atoms. The molecule has 0 aromatic heterocycles. The molecule has 2 nitrogen and oxygen atoms in total. The Morgan fingerprint density at radius 3 is 2.38 bits per heavy atom. The summed E-state index contributed by atoms with van der Waals surface area (Å²) in [5.74, 6) is -0.177. The van der Waals surface area contributed by atoms with Gasteiger partial charge in [0.25, 0.3) is 0 Å². The summed E-state index contributed by atoms with van der Waals surface area (Å²) < 4.78 is 4.91. The molecule has 1 unspecified atom stereocenters. The van der Waals surface area contributed by atoms with Gasteiger partial charge >= 0.3 is 5.97 Å². The van der Waals surface area contributed by atoms with E-state index in [0.29, 0.717) is 0 Å². The third-order valence-corrected chi connectivity index (χ3v) is 1.33. The van der Waals surface area contributed by atoms with Crippen LogP contribution in [0.3, 0.4) is 0 Å². The first-order valence-corrected chi connectivity index (χ1v) is 4.82. The van der Waals surface area contributed by atoms with E-state index in [2.05, 4.69) is 13.5 Å². The number of hydrogen-bond donors (Lipinski definition) is 0. The highest BCUT2D eigenvalue weighted by atomic mass is 16.5. The van der Waals surface area contributed by atoms with Crippen molar-refractivity contribution in [2.24, 2.45) is 0 Å². The standard InChI is InChI=1S/C8H16O2.C3H6/c1-4-5-6-7(2)10-8(3)9;1-3-2/h7H,4-6H2,1-3H3;3H,1H2,2H3. The maximum absolute atomic E-state index is 10.4. The number of allylic oxidation sites excluding steroid dienone is 1. The minimum atomic E-state index is -0.177. The fourth-order valence-corrected chi connectivity index (χ4v) is 0.834. The maximum atomic E-state index is 10.4. The van der Waals surface area contributed by atoms with Crippen molar-refractivity contribution in [2.45, 2.75) is 53.1 Å². The van der Waals surface area contributed by atoms with Gasteiger partial charge in [-0.05, 0) is 20.3 Å². The van der Waals surface area contributed by atoms with E-state index >= 15 is 0 Å². The summed E-state index contributed by atoms with van der Waals surface area (Å²) in [6.45, 7) is 10.7. The van der Waals surface area contributed by atoms with Crippen molar-refractivity contribution in [1.29, 1.82) is 0 Å². The molecule has 0 aliphatic carbocycles. The Bertz CT molecular complexity index is 130. The Hall–Kier alpha value is -0.790. The van der Waals surface area contributed by atoms with Crippen LogP contribution in [0.4, 0.5) is 0 Å². The quantitative estimate of drug-likeness (QED) is 0.497. The molecule has 0 rings (SSSR count). The molecule has 1 atom stereocenters. The van der Waals surface area contributed by atoms with Gasteiger partial charge in [-0.3, -0.25) is 4.79 Å². The molecule has 2 heteroatoms. The largest absolute Gasteiger partial charge is 0.463 e. The van der Waals surface area contributed by atoms with Gasteiger partial charge in [0.05, 0.1) is 6.10 Å². The van der Waals surface area contributed by atoms with Gasteiger partial charge in [0.1, 0.15) is 0 Å². The molecule has 0 bridgehead atoms. The summed E-state index contributed by atoms with van der Waals surface area (Å²) in [6.07, 6.45) is 5.12. The van der Waals surface area contributed by atoms with Crippen molar-refractivity contribution in [1.82, 2.24) is 0 Å². The minimum absolute atomic E-state index is 0.0949. The Morgan fingerprint density at radius 2 is 2.08 bits per heavy atom. The van der Waals surface area contributed by atoms with Crippen molar-refractivity contribution in [2.75, 3.05) is 0 Å². The van der Waals surface area contributed by atoms with Gasteiger partial charge in [0.2, 0.25) is 0 Å². The number of rotatable bonds is 4. The van der Waals surface area contributed by atoms with Crippen LogP contribution in [0.5, 0.6) is 0 Å². The monoisotopic (exact) mass is 186 g/mol. The smallest absolute Gasteiger partial charge is 0.302 e. The van der Waals surface area contributed by atoms with Crippen LogP contribution in [-0.2, 0) is 9.53 Å². The number of carbonyl (C=O) groups excluding carboxylic acids is 1. The highest BCUT2D eigenvalue weighted by Gasteiger charge is 2.02. The van der Waals surface area contributed by atoms with Gasteiger partial charge in [0.15, 0.2) is 0 Å². The fourth-order valence-electron chi connectivity index (χ4n) is 0.834. The van der Waals surface area contributed by atoms with Crippen molar-refractivity contribution >= 4 is 5.97 Å². The predicted molar refractivity (Wildman–Crippen MR) is 56.6 cm³/mol. The average Bonchev–Trinajstić information content (AvgIpc) is 2.01. The number of ether oxygens (including phenoxy) is 1. The first-order chi connectivity index (χ1) is 6.08. The molecular weight excluding hydrogens is 164 g/mol. The van der Waals surface area contributed by atoms with Gasteiger partial charge in [-0.15, -0.1) is 6.58 Å². The van der Waals surface area contributed by atoms with Crippen LogP contribution in [0.25, 0.3) is 0 Å². The summed E-state index contributed by atoms with van der Waals surface area (Å²) >= 11 is 0. The number of carbonyl (C=O) groups is 1. The van der Waals surface area contributed by atoms with Gasteiger partial charge in [0, 0.05) is 6.92 Å². The molecule has 0 fully saturated rings. The zero-order valence-electron chi connectivity index (χ0n) is 9.30. The number of unbranched alkanes of at least 4 members (excludes halogenated alkanes) is 1. The molecule has 0 N–H and O–H groups in total. The molecule has 0 heterocycles. The second-order valence-corrected chi connectivity index (χ2v) is 2.97. The topological polar surface area (TPSA) is 26.3 Å². The lowest BCUT2D eigenvalue weighted by molar-refractivity contribution is -0.145. The Labute approximate surface area is 82.0 Å². The second kappa shape index (κ2) is 11.2. The Balaban J connectivity index is 0. The van der Waals surface area contributed by atoms with E-state index < -0.39 is 0 Å². The van der Waals surface area contributed by atoms with Gasteiger partial charge in [-0.1, -0.05) is 25.8 Å². The Kier molecular flexibility index (Phi) is 12.7. The van der Waals surface area contributed by atoms with Crippen LogP contribution in [0.15, 0.2) is 12.7 Å². The van der Waals surface area contributed by atoms with Crippen LogP contribution in [0.2, 0.25) is 0 Å². The first kappa shape index (κ1) is 14.7. The molecule has 0 aliphatic heterocycles. The first-order valence-electron chi connectivity index (χ1n) is 4.82. The third kappa shape index (κ3) is 18.3. The third-order valence-electron chi connectivity index (χ3n) is 1.33. The van der Waals surface area contributed by atoms with Crippen LogP contribution in [0.1, 0.15) is 47.0 Å². The predicted octanol–water partition coefficient (Wildman–Crippen LogP) is 3.32. The summed E-state index contributed by atoms with van der Waals surface area (Å²) in [5.41, 5.74) is 0. The summed E-state index contributed by atoms with van der Waals surface area (Å²) in [5, 5.41) is 0. The minimum Gasteiger partial charge on any atom is -0.463 e. The molecule has 0 amide bonds. The molecule has 13 heavy (non-hydrogen) atoms. The Morgan fingerprint density at radius 1 is 1.62 bits per heavy atom. The van der Waals surface area contributed by atoms with E-state index in [4.69, 9.17) is 4.74 Å². The summed E-state index contributed by atoms with van der Waals surface area (Å²) in [4.78, 5) is 10.4. The van der Waals surface area contributed by atoms with Gasteiger partial charge in [-0.25, -0.2) is 0 Å². The highest BCUT2D eigenvalue weighted by Crippen LogP contribution is 2.03. The average molecular weight is 186 g/mol. The van der Waals surface area contributed by atoms with E-state index in [0.717, 1.165) is 19.3 Å². The molecule has 0 aromatic carbocycles. The van der Waals surface area contributed by atoms with Crippen molar-refractivity contribution in [3.8, 4) is 0 Å². The van der Waals surface area contributed by atoms with E-state index in [1.807, 2.05) is 13.8 Å². The zero-order chi connectivity index (χ0) is 10.7. The second-order valence-electron chi connectivity index (χ2n) is 2.97. The van der Waals surface area contributed by atoms with E-state index in [1.54, 1.807) is 6.08 Å². The summed E-state index contributed by atoms with van der Waals surface area (Å²) in [7, 11) is 0. The van der Waals surface area contributed by atoms with Crippen molar-refractivity contribution < 1.29 is 9.53 Å². The van der Waals surface area contributed by atoms with Gasteiger partial charge < -0.3 is 4.74 Å². The van der Waals surface area contributed by atoms with Gasteiger partial charge in [-0.2, -0.15) is 0 Å². The molecular formula is C11H22O2. The fraction of sp³-hybridized carbons (Fsp3) is 0.727. The summed E-state index contributed by atoms with van der Waals surface area (Å²) in [6, 6.07) is 0. The van der Waals surface area contributed by atoms with Crippen LogP contribution >= 0.6 is 0 Å². The lowest BCUT2D eigenvalue weighted by atomic mass is 10.2. The van der Waals surface area contributed by atoms with Crippen LogP contribution in [0, 0.1) is 0 Å². The number of hydrogen-bond acceptors (Lipinski definition) is 2. The number of esters is 1. The molecule has 78 valence electrons. The molecule has 0 aromatic rings. The zero-order valence-corrected chi connectivity index (χ0v) is 9.30.